The van der Waals surface area contributed by atoms with Gasteiger partial charge in [0, 0.05) is 44.3 Å². The Bertz CT molecular complexity index is 1300. The molecule has 1 atom stereocenters. The highest BCUT2D eigenvalue weighted by molar-refractivity contribution is 14.1. The Morgan fingerprint density at radius 3 is 2.27 bits per heavy atom. The van der Waals surface area contributed by atoms with Crippen molar-refractivity contribution in [1.82, 2.24) is 15.1 Å². The van der Waals surface area contributed by atoms with Crippen molar-refractivity contribution >= 4 is 63.3 Å². The summed E-state index contributed by atoms with van der Waals surface area (Å²) in [6, 6.07) is 21.9. The number of hydrogen-bond acceptors (Lipinski definition) is 4. The molecule has 0 bridgehead atoms. The zero-order valence-electron chi connectivity index (χ0n) is 22.2. The molecule has 1 N–H and O–H groups in total. The minimum Gasteiger partial charge on any atom is -0.489 e. The summed E-state index contributed by atoms with van der Waals surface area (Å²) in [5.41, 5.74) is 3.03. The van der Waals surface area contributed by atoms with Gasteiger partial charge in [-0.2, -0.15) is 0 Å². The molecule has 3 aromatic carbocycles. The van der Waals surface area contributed by atoms with Crippen LogP contribution < -0.4 is 10.1 Å². The van der Waals surface area contributed by atoms with Crippen molar-refractivity contribution in [1.29, 1.82) is 0 Å². The van der Waals surface area contributed by atoms with Gasteiger partial charge in [-0.3, -0.25) is 14.6 Å². The number of nitrogens with one attached hydrogen (secondary N) is 1. The molecule has 0 aromatic heterocycles. The van der Waals surface area contributed by atoms with E-state index in [1.165, 1.54) is 5.56 Å². The summed E-state index contributed by atoms with van der Waals surface area (Å²) in [5, 5.41) is 4.84. The molecule has 212 valence electrons. The van der Waals surface area contributed by atoms with E-state index in [0.29, 0.717) is 30.4 Å². The lowest BCUT2D eigenvalue weighted by atomic mass is 10.0. The van der Waals surface area contributed by atoms with Crippen molar-refractivity contribution < 1.29 is 9.53 Å². The summed E-state index contributed by atoms with van der Waals surface area (Å²) >= 11 is 21.3. The van der Waals surface area contributed by atoms with Gasteiger partial charge in [0.05, 0.1) is 19.1 Å². The number of halogens is 4. The molecule has 9 heteroatoms. The number of carbonyl (C=O) groups excluding carboxylic acids is 1. The van der Waals surface area contributed by atoms with E-state index >= 15 is 0 Å². The molecule has 2 saturated heterocycles. The Labute approximate surface area is 265 Å². The highest BCUT2D eigenvalue weighted by Crippen LogP contribution is 2.31. The van der Waals surface area contributed by atoms with Crippen LogP contribution in [0.3, 0.4) is 0 Å². The number of alkyl halides is 1. The van der Waals surface area contributed by atoms with Crippen molar-refractivity contribution in [3.8, 4) is 5.75 Å². The molecule has 0 radical (unpaired) electrons. The van der Waals surface area contributed by atoms with E-state index in [4.69, 9.17) is 39.5 Å². The third kappa shape index (κ3) is 7.84. The maximum Gasteiger partial charge on any atom is 0.251 e. The van der Waals surface area contributed by atoms with Crippen LogP contribution in [0.25, 0.3) is 0 Å². The number of hydrogen-bond donors (Lipinski definition) is 1. The lowest BCUT2D eigenvalue weighted by Crippen LogP contribution is -2.44. The molecule has 0 saturated carbocycles. The van der Waals surface area contributed by atoms with Crippen molar-refractivity contribution in [3.63, 3.8) is 0 Å². The van der Waals surface area contributed by atoms with Gasteiger partial charge in [-0.15, -0.1) is 0 Å². The van der Waals surface area contributed by atoms with E-state index in [2.05, 4.69) is 62.0 Å². The van der Waals surface area contributed by atoms with Crippen LogP contribution in [0.5, 0.6) is 5.75 Å². The number of rotatable bonds is 8. The number of nitrogens with zero attached hydrogens (tertiary/aromatic N) is 2. The number of benzene rings is 3. The number of likely N-dealkylation sites (tertiary alicyclic amines) is 2. The van der Waals surface area contributed by atoms with Gasteiger partial charge >= 0.3 is 0 Å². The van der Waals surface area contributed by atoms with Crippen molar-refractivity contribution in [3.05, 3.63) is 98.5 Å². The predicted octanol–water partition coefficient (Wildman–Crippen LogP) is 8.02. The Hall–Kier alpha value is -1.55. The molecular weight excluding hydrogens is 680 g/mol. The first-order valence-corrected chi connectivity index (χ1v) is 16.1. The van der Waals surface area contributed by atoms with Gasteiger partial charge < -0.3 is 10.1 Å². The fraction of sp³-hybridized carbons (Fsp3) is 0.387. The molecule has 2 aliphatic heterocycles. The molecule has 3 aromatic rings. The standard InChI is InChI=1S/C31H33Cl3IN3O2/c32-26-8-6-21(18-27(26)33)20-37-14-12-25(13-15-37)40-29-9-7-23(19-28(29)34)31(39)36-24-10-16-38(17-11-24)30(35)22-4-2-1-3-5-22/h1-9,18-19,24-25,30H,10-17,20H2,(H,36,39). The summed E-state index contributed by atoms with van der Waals surface area (Å²) in [6.45, 7) is 4.58. The fourth-order valence-electron chi connectivity index (χ4n) is 5.36. The summed E-state index contributed by atoms with van der Waals surface area (Å²) in [5.74, 6) is 0.542. The second kappa shape index (κ2) is 14.1. The minimum absolute atomic E-state index is 0.0865. The molecule has 0 spiro atoms. The van der Waals surface area contributed by atoms with E-state index < -0.39 is 0 Å². The van der Waals surface area contributed by atoms with Gasteiger partial charge in [-0.25, -0.2) is 0 Å². The minimum atomic E-state index is -0.0865. The third-order valence-electron chi connectivity index (χ3n) is 7.67. The first kappa shape index (κ1) is 29.9. The van der Waals surface area contributed by atoms with E-state index in [1.54, 1.807) is 12.1 Å². The smallest absolute Gasteiger partial charge is 0.251 e. The van der Waals surface area contributed by atoms with Crippen LogP contribution in [0, 0.1) is 0 Å². The Morgan fingerprint density at radius 2 is 1.60 bits per heavy atom. The monoisotopic (exact) mass is 711 g/mol. The van der Waals surface area contributed by atoms with Gasteiger partial charge in [0.25, 0.3) is 5.91 Å². The molecule has 0 aliphatic carbocycles. The maximum absolute atomic E-state index is 13.0. The first-order chi connectivity index (χ1) is 19.4. The highest BCUT2D eigenvalue weighted by Gasteiger charge is 2.26. The molecule has 1 unspecified atom stereocenters. The number of ether oxygens (including phenoxy) is 1. The summed E-state index contributed by atoms with van der Waals surface area (Å²) in [4.78, 5) is 17.8. The lowest BCUT2D eigenvalue weighted by Gasteiger charge is -2.35. The normalized spacial score (nSPS) is 18.4. The van der Waals surface area contributed by atoms with Crippen LogP contribution >= 0.6 is 57.4 Å². The van der Waals surface area contributed by atoms with Gasteiger partial charge in [-0.05, 0) is 67.1 Å². The van der Waals surface area contributed by atoms with Crippen LogP contribution in [0.2, 0.25) is 15.1 Å². The van der Waals surface area contributed by atoms with Crippen LogP contribution in [0.15, 0.2) is 66.7 Å². The number of amides is 1. The molecule has 5 nitrogen and oxygen atoms in total. The Kier molecular flexibility index (Phi) is 10.5. The second-order valence-corrected chi connectivity index (χ2v) is 12.9. The van der Waals surface area contributed by atoms with Crippen LogP contribution in [-0.4, -0.2) is 54.0 Å². The first-order valence-electron chi connectivity index (χ1n) is 13.7. The van der Waals surface area contributed by atoms with E-state index in [1.807, 2.05) is 30.3 Å². The van der Waals surface area contributed by atoms with Crippen molar-refractivity contribution in [2.24, 2.45) is 0 Å². The molecule has 2 aliphatic rings. The van der Waals surface area contributed by atoms with Gasteiger partial charge in [0.1, 0.15) is 11.9 Å². The largest absolute Gasteiger partial charge is 0.489 e. The predicted molar refractivity (Wildman–Crippen MR) is 172 cm³/mol. The maximum atomic E-state index is 13.0. The molecule has 2 fully saturated rings. The molecule has 5 rings (SSSR count). The van der Waals surface area contributed by atoms with Crippen LogP contribution in [0.1, 0.15) is 51.2 Å². The van der Waals surface area contributed by atoms with Gasteiger partial charge in [0.2, 0.25) is 0 Å². The summed E-state index contributed by atoms with van der Waals surface area (Å²) < 4.78 is 6.58. The third-order valence-corrected chi connectivity index (χ3v) is 10.2. The van der Waals surface area contributed by atoms with Crippen molar-refractivity contribution in [2.75, 3.05) is 26.2 Å². The van der Waals surface area contributed by atoms with Crippen LogP contribution in [-0.2, 0) is 6.54 Å². The van der Waals surface area contributed by atoms with E-state index in [0.717, 1.165) is 64.0 Å². The number of piperidine rings is 2. The fourth-order valence-corrected chi connectivity index (χ4v) is 6.88. The van der Waals surface area contributed by atoms with Gasteiger partial charge in [0.15, 0.2) is 0 Å². The highest BCUT2D eigenvalue weighted by atomic mass is 127. The Balaban J connectivity index is 1.07. The summed E-state index contributed by atoms with van der Waals surface area (Å²) in [6.07, 6.45) is 3.75. The average Bonchev–Trinajstić information content (AvgIpc) is 2.97. The van der Waals surface area contributed by atoms with Crippen LogP contribution in [0.4, 0.5) is 0 Å². The van der Waals surface area contributed by atoms with Gasteiger partial charge in [-0.1, -0.05) is 93.8 Å². The number of carbonyl (C=O) groups is 1. The quantitative estimate of drug-likeness (QED) is 0.146. The lowest BCUT2D eigenvalue weighted by molar-refractivity contribution is 0.0908. The molecule has 1 amide bonds. The zero-order chi connectivity index (χ0) is 28.1. The molecule has 40 heavy (non-hydrogen) atoms. The Morgan fingerprint density at radius 1 is 0.875 bits per heavy atom. The molecule has 2 heterocycles. The average molecular weight is 713 g/mol. The second-order valence-electron chi connectivity index (χ2n) is 10.5. The topological polar surface area (TPSA) is 44.8 Å². The van der Waals surface area contributed by atoms with E-state index in [-0.39, 0.29) is 18.1 Å². The molecular formula is C31H33Cl3IN3O2. The van der Waals surface area contributed by atoms with Crippen molar-refractivity contribution in [2.45, 2.75) is 48.4 Å². The zero-order valence-corrected chi connectivity index (χ0v) is 26.6. The summed E-state index contributed by atoms with van der Waals surface area (Å²) in [7, 11) is 0. The van der Waals surface area contributed by atoms with E-state index in [9.17, 15) is 4.79 Å². The SMILES string of the molecule is O=C(NC1CCN(C(I)c2ccccc2)CC1)c1ccc(OC2CCN(Cc3ccc(Cl)c(Cl)c3)CC2)c(Cl)c1.